The molecule has 0 aromatic heterocycles. The van der Waals surface area contributed by atoms with Gasteiger partial charge in [-0.25, -0.2) is 0 Å². The molecular weight excluding hydrogens is 317 g/mol. The molecule has 0 atom stereocenters. The fourth-order valence-electron chi connectivity index (χ4n) is 2.05. The lowest BCUT2D eigenvalue weighted by molar-refractivity contribution is -0.137. The van der Waals surface area contributed by atoms with Gasteiger partial charge in [0.15, 0.2) is 0 Å². The van der Waals surface area contributed by atoms with Crippen molar-refractivity contribution in [3.05, 3.63) is 35.4 Å². The van der Waals surface area contributed by atoms with E-state index in [1.165, 1.54) is 23.8 Å². The normalized spacial score (nSPS) is 14.4. The van der Waals surface area contributed by atoms with Crippen molar-refractivity contribution < 1.29 is 18.0 Å². The second-order valence-electron chi connectivity index (χ2n) is 5.52. The highest BCUT2D eigenvalue weighted by Gasteiger charge is 2.30. The average molecular weight is 337 g/mol. The molecular formula is C15H20ClF3N2O. The van der Waals surface area contributed by atoms with Crippen molar-refractivity contribution in [2.45, 2.75) is 25.6 Å². The molecule has 1 amide bonds. The van der Waals surface area contributed by atoms with Crippen molar-refractivity contribution in [1.29, 1.82) is 0 Å². The number of likely N-dealkylation sites (N-methyl/N-ethyl adjacent to an activating group) is 1. The maximum Gasteiger partial charge on any atom is 0.416 e. The van der Waals surface area contributed by atoms with Crippen molar-refractivity contribution in [1.82, 2.24) is 10.2 Å². The first kappa shape index (κ1) is 18.8. The van der Waals surface area contributed by atoms with Crippen LogP contribution in [0.4, 0.5) is 13.2 Å². The molecule has 1 N–H and O–H groups in total. The molecule has 0 aliphatic heterocycles. The number of hydrogen-bond donors (Lipinski definition) is 1. The lowest BCUT2D eigenvalue weighted by Crippen LogP contribution is -2.35. The van der Waals surface area contributed by atoms with Crippen LogP contribution in [0.15, 0.2) is 24.3 Å². The molecule has 0 spiro atoms. The zero-order valence-electron chi connectivity index (χ0n) is 12.3. The summed E-state index contributed by atoms with van der Waals surface area (Å²) in [4.78, 5) is 13.3. The van der Waals surface area contributed by atoms with Crippen molar-refractivity contribution in [2.75, 3.05) is 20.1 Å². The lowest BCUT2D eigenvalue weighted by atomic mass is 10.1. The van der Waals surface area contributed by atoms with Gasteiger partial charge in [-0.1, -0.05) is 12.1 Å². The van der Waals surface area contributed by atoms with Crippen LogP contribution >= 0.6 is 12.4 Å². The van der Waals surface area contributed by atoms with E-state index in [1.807, 2.05) is 0 Å². The number of rotatable bonds is 6. The topological polar surface area (TPSA) is 32.3 Å². The maximum atomic E-state index is 12.6. The first-order valence-corrected chi connectivity index (χ1v) is 6.97. The molecule has 1 aromatic carbocycles. The van der Waals surface area contributed by atoms with Crippen molar-refractivity contribution in [3.63, 3.8) is 0 Å². The van der Waals surface area contributed by atoms with E-state index in [0.717, 1.165) is 18.7 Å². The van der Waals surface area contributed by atoms with Crippen molar-refractivity contribution >= 4 is 18.3 Å². The molecule has 7 heteroatoms. The first-order valence-electron chi connectivity index (χ1n) is 6.97. The quantitative estimate of drug-likeness (QED) is 0.866. The highest BCUT2D eigenvalue weighted by molar-refractivity contribution is 5.85. The Morgan fingerprint density at radius 2 is 2.05 bits per heavy atom. The molecule has 0 radical (unpaired) electrons. The van der Waals surface area contributed by atoms with Crippen LogP contribution in [0.1, 0.15) is 24.0 Å². The second-order valence-corrected chi connectivity index (χ2v) is 5.52. The van der Waals surface area contributed by atoms with Gasteiger partial charge in [0.2, 0.25) is 5.91 Å². The highest BCUT2D eigenvalue weighted by Crippen LogP contribution is 2.29. The Kier molecular flexibility index (Phi) is 6.68. The maximum absolute atomic E-state index is 12.6. The second kappa shape index (κ2) is 7.83. The van der Waals surface area contributed by atoms with Crippen LogP contribution in [0.25, 0.3) is 0 Å². The molecule has 0 heterocycles. The third kappa shape index (κ3) is 5.85. The van der Waals surface area contributed by atoms with Crippen LogP contribution in [-0.2, 0) is 17.5 Å². The SMILES string of the molecule is CN(Cc1cccc(C(F)(F)F)c1)C(=O)CNCC1CC1.Cl. The van der Waals surface area contributed by atoms with Crippen LogP contribution in [-0.4, -0.2) is 30.9 Å². The number of halogens is 4. The summed E-state index contributed by atoms with van der Waals surface area (Å²) >= 11 is 0. The van der Waals surface area contributed by atoms with Gasteiger partial charge in [0.05, 0.1) is 12.1 Å². The number of carbonyl (C=O) groups excluding carboxylic acids is 1. The van der Waals surface area contributed by atoms with Gasteiger partial charge >= 0.3 is 6.18 Å². The highest BCUT2D eigenvalue weighted by atomic mass is 35.5. The Morgan fingerprint density at radius 3 is 2.64 bits per heavy atom. The number of nitrogens with zero attached hydrogens (tertiary/aromatic N) is 1. The lowest BCUT2D eigenvalue weighted by Gasteiger charge is -2.18. The first-order chi connectivity index (χ1) is 9.86. The van der Waals surface area contributed by atoms with E-state index in [2.05, 4.69) is 5.32 Å². The molecule has 0 unspecified atom stereocenters. The average Bonchev–Trinajstić information content (AvgIpc) is 3.22. The molecule has 0 bridgehead atoms. The largest absolute Gasteiger partial charge is 0.416 e. The summed E-state index contributed by atoms with van der Waals surface area (Å²) in [5.74, 6) is 0.569. The molecule has 1 saturated carbocycles. The number of hydrogen-bond acceptors (Lipinski definition) is 2. The van der Waals surface area contributed by atoms with Crippen LogP contribution < -0.4 is 5.32 Å². The van der Waals surface area contributed by atoms with Crippen LogP contribution in [0.3, 0.4) is 0 Å². The summed E-state index contributed by atoms with van der Waals surface area (Å²) in [7, 11) is 1.60. The molecule has 1 aliphatic rings. The fourth-order valence-corrected chi connectivity index (χ4v) is 2.05. The van der Waals surface area contributed by atoms with Gasteiger partial charge in [-0.3, -0.25) is 4.79 Å². The molecule has 2 rings (SSSR count). The van der Waals surface area contributed by atoms with Crippen molar-refractivity contribution in [2.24, 2.45) is 5.92 Å². The van der Waals surface area contributed by atoms with E-state index in [-0.39, 0.29) is 31.4 Å². The summed E-state index contributed by atoms with van der Waals surface area (Å²) in [6, 6.07) is 5.07. The third-order valence-corrected chi connectivity index (χ3v) is 3.51. The minimum Gasteiger partial charge on any atom is -0.340 e. The van der Waals surface area contributed by atoms with E-state index in [1.54, 1.807) is 13.1 Å². The van der Waals surface area contributed by atoms with Gasteiger partial charge in [0.25, 0.3) is 0 Å². The molecule has 1 aliphatic carbocycles. The van der Waals surface area contributed by atoms with Crippen LogP contribution in [0.2, 0.25) is 0 Å². The Hall–Kier alpha value is -1.27. The Morgan fingerprint density at radius 1 is 1.36 bits per heavy atom. The van der Waals surface area contributed by atoms with Gasteiger partial charge < -0.3 is 10.2 Å². The zero-order chi connectivity index (χ0) is 15.5. The van der Waals surface area contributed by atoms with Crippen LogP contribution in [0.5, 0.6) is 0 Å². The molecule has 0 saturated heterocycles. The van der Waals surface area contributed by atoms with E-state index < -0.39 is 11.7 Å². The summed E-state index contributed by atoms with van der Waals surface area (Å²) in [6.07, 6.45) is -1.94. The van der Waals surface area contributed by atoms with E-state index in [9.17, 15) is 18.0 Å². The Balaban J connectivity index is 0.00000242. The number of carbonyl (C=O) groups is 1. The third-order valence-electron chi connectivity index (χ3n) is 3.51. The standard InChI is InChI=1S/C15H19F3N2O.ClH/c1-20(14(21)9-19-8-11-5-6-11)10-12-3-2-4-13(7-12)15(16,17)18;/h2-4,7,11,19H,5-6,8-10H2,1H3;1H. The Labute approximate surface area is 134 Å². The monoisotopic (exact) mass is 336 g/mol. The molecule has 3 nitrogen and oxygen atoms in total. The van der Waals surface area contributed by atoms with E-state index in [4.69, 9.17) is 0 Å². The fraction of sp³-hybridized carbons (Fsp3) is 0.533. The van der Waals surface area contributed by atoms with Crippen molar-refractivity contribution in [3.8, 4) is 0 Å². The molecule has 1 aromatic rings. The number of nitrogens with one attached hydrogen (secondary N) is 1. The van der Waals surface area contributed by atoms with Gasteiger partial charge in [0, 0.05) is 13.6 Å². The van der Waals surface area contributed by atoms with Gasteiger partial charge in [-0.15, -0.1) is 12.4 Å². The number of alkyl halides is 3. The summed E-state index contributed by atoms with van der Waals surface area (Å²) in [6.45, 7) is 1.24. The summed E-state index contributed by atoms with van der Waals surface area (Å²) in [5, 5.41) is 3.08. The van der Waals surface area contributed by atoms with E-state index in [0.29, 0.717) is 11.5 Å². The van der Waals surface area contributed by atoms with E-state index >= 15 is 0 Å². The number of benzene rings is 1. The molecule has 1 fully saturated rings. The minimum atomic E-state index is -4.36. The predicted octanol–water partition coefficient (Wildman–Crippen LogP) is 3.09. The minimum absolute atomic E-state index is 0. The number of amides is 1. The Bertz CT molecular complexity index is 504. The predicted molar refractivity (Wildman–Crippen MR) is 80.8 cm³/mol. The molecule has 22 heavy (non-hydrogen) atoms. The summed E-state index contributed by atoms with van der Waals surface area (Å²) in [5.41, 5.74) is -0.212. The van der Waals surface area contributed by atoms with Gasteiger partial charge in [-0.05, 0) is 43.0 Å². The summed E-state index contributed by atoms with van der Waals surface area (Å²) < 4.78 is 37.9. The smallest absolute Gasteiger partial charge is 0.340 e. The zero-order valence-corrected chi connectivity index (χ0v) is 13.1. The van der Waals surface area contributed by atoms with Gasteiger partial charge in [0.1, 0.15) is 0 Å². The van der Waals surface area contributed by atoms with Gasteiger partial charge in [-0.2, -0.15) is 13.2 Å². The van der Waals surface area contributed by atoms with Crippen LogP contribution in [0, 0.1) is 5.92 Å². The molecule has 124 valence electrons.